The summed E-state index contributed by atoms with van der Waals surface area (Å²) in [4.78, 5) is 32.6. The maximum atomic E-state index is 12.7. The van der Waals surface area contributed by atoms with Crippen LogP contribution in [-0.2, 0) is 16.1 Å². The van der Waals surface area contributed by atoms with Gasteiger partial charge in [0.05, 0.1) is 16.1 Å². The minimum absolute atomic E-state index is 0.0899. The highest BCUT2D eigenvalue weighted by Gasteiger charge is 2.24. The zero-order valence-electron chi connectivity index (χ0n) is 15.1. The minimum atomic E-state index is -0.616. The fourth-order valence-electron chi connectivity index (χ4n) is 3.19. The first-order valence-electron chi connectivity index (χ1n) is 8.89. The van der Waals surface area contributed by atoms with Gasteiger partial charge in [0.15, 0.2) is 0 Å². The van der Waals surface area contributed by atoms with Crippen LogP contribution in [0, 0.1) is 0 Å². The van der Waals surface area contributed by atoms with E-state index < -0.39 is 11.9 Å². The molecule has 0 aliphatic rings. The van der Waals surface area contributed by atoms with Gasteiger partial charge in [-0.05, 0) is 52.0 Å². The highest BCUT2D eigenvalue weighted by molar-refractivity contribution is 9.10. The first-order valence-corrected chi connectivity index (χ1v) is 10.5. The Morgan fingerprint density at radius 1 is 1.25 bits per heavy atom. The number of ether oxygens (including phenoxy) is 1. The quantitative estimate of drug-likeness (QED) is 0.422. The van der Waals surface area contributed by atoms with Gasteiger partial charge in [0, 0.05) is 15.6 Å². The number of aromatic nitrogens is 2. The number of hydrogen-bond acceptors (Lipinski definition) is 5. The second-order valence-electron chi connectivity index (χ2n) is 6.40. The molecule has 1 N–H and O–H groups in total. The van der Waals surface area contributed by atoms with E-state index in [1.807, 2.05) is 49.4 Å². The summed E-state index contributed by atoms with van der Waals surface area (Å²) in [5.41, 5.74) is 1.78. The van der Waals surface area contributed by atoms with Crippen molar-refractivity contribution in [2.24, 2.45) is 0 Å². The average Bonchev–Trinajstić information content (AvgIpc) is 3.12. The second kappa shape index (κ2) is 7.85. The highest BCUT2D eigenvalue weighted by Crippen LogP contribution is 2.29. The molecular weight excluding hydrogens is 440 g/mol. The highest BCUT2D eigenvalue weighted by atomic mass is 79.9. The molecule has 5 nitrogen and oxygen atoms in total. The Balaban J connectivity index is 1.56. The van der Waals surface area contributed by atoms with E-state index in [9.17, 15) is 9.59 Å². The summed E-state index contributed by atoms with van der Waals surface area (Å²) in [7, 11) is 0. The Bertz CT molecular complexity index is 1230. The van der Waals surface area contributed by atoms with E-state index in [0.717, 1.165) is 30.6 Å². The lowest BCUT2D eigenvalue weighted by atomic mass is 9.96. The Labute approximate surface area is 173 Å². The lowest BCUT2D eigenvalue weighted by molar-refractivity contribution is -0.146. The van der Waals surface area contributed by atoms with Crippen molar-refractivity contribution in [3.63, 3.8) is 0 Å². The zero-order chi connectivity index (χ0) is 19.7. The summed E-state index contributed by atoms with van der Waals surface area (Å²) < 4.78 is 7.45. The topological polar surface area (TPSA) is 72.0 Å². The molecule has 0 saturated carbocycles. The maximum absolute atomic E-state index is 12.7. The summed E-state index contributed by atoms with van der Waals surface area (Å²) in [5, 5.41) is 1.61. The number of H-pyrrole nitrogens is 1. The number of aromatic amines is 1. The van der Waals surface area contributed by atoms with Crippen LogP contribution in [0.25, 0.3) is 21.1 Å². The summed E-state index contributed by atoms with van der Waals surface area (Å²) in [6.45, 7) is 1.96. The molecule has 7 heteroatoms. The number of esters is 1. The lowest BCUT2D eigenvalue weighted by Gasteiger charge is -2.14. The van der Waals surface area contributed by atoms with Crippen LogP contribution in [0.1, 0.15) is 29.8 Å². The summed E-state index contributed by atoms with van der Waals surface area (Å²) >= 11 is 4.97. The summed E-state index contributed by atoms with van der Waals surface area (Å²) in [6, 6.07) is 15.1. The molecule has 0 fully saturated rings. The van der Waals surface area contributed by atoms with Gasteiger partial charge in [0.1, 0.15) is 11.6 Å². The molecule has 0 saturated heterocycles. The van der Waals surface area contributed by atoms with E-state index in [-0.39, 0.29) is 12.2 Å². The monoisotopic (exact) mass is 456 g/mol. The van der Waals surface area contributed by atoms with Crippen LogP contribution >= 0.6 is 27.3 Å². The molecule has 0 radical (unpaired) electrons. The first-order chi connectivity index (χ1) is 13.6. The summed E-state index contributed by atoms with van der Waals surface area (Å²) in [5.74, 6) is -1.03. The van der Waals surface area contributed by atoms with Gasteiger partial charge in [-0.25, -0.2) is 4.98 Å². The number of pyridine rings is 1. The summed E-state index contributed by atoms with van der Waals surface area (Å²) in [6.07, 6.45) is 0.478. The van der Waals surface area contributed by atoms with Crippen LogP contribution in [0.15, 0.2) is 57.8 Å². The van der Waals surface area contributed by atoms with Crippen molar-refractivity contribution in [2.75, 3.05) is 0 Å². The van der Waals surface area contributed by atoms with Crippen LogP contribution in [-0.4, -0.2) is 15.9 Å². The maximum Gasteiger partial charge on any atom is 0.314 e. The Kier molecular flexibility index (Phi) is 5.28. The molecule has 4 rings (SSSR count). The van der Waals surface area contributed by atoms with E-state index >= 15 is 0 Å². The smallest absolute Gasteiger partial charge is 0.314 e. The second-order valence-corrected chi connectivity index (χ2v) is 8.37. The Morgan fingerprint density at radius 3 is 2.86 bits per heavy atom. The largest absolute Gasteiger partial charge is 0.458 e. The molecule has 0 bridgehead atoms. The van der Waals surface area contributed by atoms with Gasteiger partial charge in [0.25, 0.3) is 5.56 Å². The number of carbonyl (C=O) groups excluding carboxylic acids is 1. The van der Waals surface area contributed by atoms with Crippen molar-refractivity contribution < 1.29 is 9.53 Å². The van der Waals surface area contributed by atoms with Gasteiger partial charge in [-0.3, -0.25) is 9.59 Å². The van der Waals surface area contributed by atoms with E-state index in [2.05, 4.69) is 25.9 Å². The van der Waals surface area contributed by atoms with Crippen molar-refractivity contribution in [1.82, 2.24) is 9.97 Å². The number of fused-ring (bicyclic) bond motifs is 2. The number of carbonyl (C=O) groups is 1. The van der Waals surface area contributed by atoms with Crippen molar-refractivity contribution in [2.45, 2.75) is 25.9 Å². The number of halogens is 1. The number of nitrogens with zero attached hydrogens (tertiary/aromatic N) is 1. The lowest BCUT2D eigenvalue weighted by Crippen LogP contribution is -2.23. The molecular formula is C21H17BrN2O3S. The van der Waals surface area contributed by atoms with Crippen molar-refractivity contribution >= 4 is 54.4 Å². The molecule has 1 atom stereocenters. The molecule has 0 aliphatic carbocycles. The standard InChI is InChI=1S/C21H17BrN2O3S/c1-2-13(14-10-12-6-3-4-8-16(12)23-20(14)25)21(26)27-11-18-24-19-15(22)7-5-9-17(19)28-18/h3-10,13H,2,11H2,1H3,(H,23,25). The number of rotatable bonds is 5. The van der Waals surface area contributed by atoms with Gasteiger partial charge in [-0.15, -0.1) is 11.3 Å². The molecule has 2 aromatic heterocycles. The molecule has 1 unspecified atom stereocenters. The number of thiazole rings is 1. The number of nitrogens with one attached hydrogen (secondary N) is 1. The predicted molar refractivity (Wildman–Crippen MR) is 115 cm³/mol. The molecule has 2 aromatic carbocycles. The predicted octanol–water partition coefficient (Wildman–Crippen LogP) is 5.14. The van der Waals surface area contributed by atoms with Crippen molar-refractivity contribution in [3.8, 4) is 0 Å². The van der Waals surface area contributed by atoms with Crippen LogP contribution in [0.5, 0.6) is 0 Å². The number of hydrogen-bond donors (Lipinski definition) is 1. The van der Waals surface area contributed by atoms with Crippen molar-refractivity contribution in [3.05, 3.63) is 73.9 Å². The molecule has 4 aromatic rings. The number of benzene rings is 2. The van der Waals surface area contributed by atoms with Gasteiger partial charge in [-0.1, -0.05) is 31.2 Å². The van der Waals surface area contributed by atoms with E-state index in [4.69, 9.17) is 4.74 Å². The Hall–Kier alpha value is -2.51. The molecule has 142 valence electrons. The van der Waals surface area contributed by atoms with Crippen LogP contribution in [0.4, 0.5) is 0 Å². The average molecular weight is 457 g/mol. The first kappa shape index (κ1) is 18.8. The number of para-hydroxylation sites is 2. The molecule has 0 spiro atoms. The minimum Gasteiger partial charge on any atom is -0.458 e. The van der Waals surface area contributed by atoms with Crippen LogP contribution in [0.3, 0.4) is 0 Å². The SMILES string of the molecule is CCC(C(=O)OCc1nc2c(Br)cccc2s1)c1cc2ccccc2[nH]c1=O. The Morgan fingerprint density at radius 2 is 2.07 bits per heavy atom. The third-order valence-electron chi connectivity index (χ3n) is 4.60. The third kappa shape index (κ3) is 3.59. The van der Waals surface area contributed by atoms with Crippen LogP contribution in [0.2, 0.25) is 0 Å². The van der Waals surface area contributed by atoms with Gasteiger partial charge >= 0.3 is 5.97 Å². The molecule has 0 amide bonds. The van der Waals surface area contributed by atoms with E-state index in [1.165, 1.54) is 11.3 Å². The zero-order valence-corrected chi connectivity index (χ0v) is 17.5. The van der Waals surface area contributed by atoms with Crippen molar-refractivity contribution in [1.29, 1.82) is 0 Å². The molecule has 0 aliphatic heterocycles. The van der Waals surface area contributed by atoms with E-state index in [0.29, 0.717) is 12.0 Å². The van der Waals surface area contributed by atoms with Gasteiger partial charge in [0.2, 0.25) is 0 Å². The van der Waals surface area contributed by atoms with Gasteiger partial charge < -0.3 is 9.72 Å². The molecule has 28 heavy (non-hydrogen) atoms. The third-order valence-corrected chi connectivity index (χ3v) is 6.24. The normalized spacial score (nSPS) is 12.4. The fourth-order valence-corrected chi connectivity index (χ4v) is 4.69. The molecule has 2 heterocycles. The van der Waals surface area contributed by atoms with Gasteiger partial charge in [-0.2, -0.15) is 0 Å². The van der Waals surface area contributed by atoms with E-state index in [1.54, 1.807) is 6.07 Å². The fraction of sp³-hybridized carbons (Fsp3) is 0.190. The van der Waals surface area contributed by atoms with Crippen LogP contribution < -0.4 is 5.56 Å².